The lowest BCUT2D eigenvalue weighted by Gasteiger charge is -2.29. The van der Waals surface area contributed by atoms with Crippen molar-refractivity contribution in [2.75, 3.05) is 20.3 Å². The predicted molar refractivity (Wildman–Crippen MR) is 71.0 cm³/mol. The van der Waals surface area contributed by atoms with Crippen LogP contribution in [0.1, 0.15) is 36.0 Å². The van der Waals surface area contributed by atoms with Gasteiger partial charge in [0, 0.05) is 19.6 Å². The molecule has 100 valence electrons. The van der Waals surface area contributed by atoms with Crippen LogP contribution >= 0.6 is 0 Å². The van der Waals surface area contributed by atoms with Gasteiger partial charge in [0.2, 0.25) is 0 Å². The Hall–Kier alpha value is -1.06. The van der Waals surface area contributed by atoms with Crippen molar-refractivity contribution in [3.63, 3.8) is 0 Å². The van der Waals surface area contributed by atoms with Gasteiger partial charge in [0.05, 0.1) is 12.7 Å². The van der Waals surface area contributed by atoms with Crippen LogP contribution < -0.4 is 4.74 Å². The van der Waals surface area contributed by atoms with Gasteiger partial charge in [-0.15, -0.1) is 0 Å². The van der Waals surface area contributed by atoms with Gasteiger partial charge in [-0.05, 0) is 55.5 Å². The van der Waals surface area contributed by atoms with Crippen molar-refractivity contribution in [1.29, 1.82) is 0 Å². The lowest BCUT2D eigenvalue weighted by Crippen LogP contribution is -2.27. The molecule has 1 heterocycles. The van der Waals surface area contributed by atoms with Crippen molar-refractivity contribution in [3.05, 3.63) is 28.8 Å². The first-order chi connectivity index (χ1) is 8.57. The van der Waals surface area contributed by atoms with Crippen molar-refractivity contribution in [3.8, 4) is 5.75 Å². The Kier molecular flexibility index (Phi) is 3.93. The van der Waals surface area contributed by atoms with E-state index in [1.807, 2.05) is 19.9 Å². The Labute approximate surface area is 109 Å². The highest BCUT2D eigenvalue weighted by molar-refractivity contribution is 5.44. The van der Waals surface area contributed by atoms with Gasteiger partial charge in [-0.2, -0.15) is 0 Å². The molecule has 3 nitrogen and oxygen atoms in total. The number of methoxy groups -OCH3 is 1. The number of benzene rings is 1. The second kappa shape index (κ2) is 5.29. The number of hydrogen-bond acceptors (Lipinski definition) is 3. The number of hydrogen-bond donors (Lipinski definition) is 1. The highest BCUT2D eigenvalue weighted by atomic mass is 16.5. The molecule has 1 aromatic rings. The van der Waals surface area contributed by atoms with Crippen LogP contribution in [0, 0.1) is 13.8 Å². The summed E-state index contributed by atoms with van der Waals surface area (Å²) in [6.45, 7) is 5.41. The van der Waals surface area contributed by atoms with E-state index in [0.29, 0.717) is 13.0 Å². The molecule has 0 aliphatic carbocycles. The van der Waals surface area contributed by atoms with Crippen LogP contribution in [0.15, 0.2) is 12.1 Å². The van der Waals surface area contributed by atoms with E-state index in [1.54, 1.807) is 7.11 Å². The standard InChI is InChI=1S/C15H22O3/c1-11-10-14(17-3)12(2)9-13(11)15(16)5-4-7-18-8-6-15/h9-10,16H,4-8H2,1-3H3. The van der Waals surface area contributed by atoms with E-state index >= 15 is 0 Å². The average molecular weight is 250 g/mol. The molecule has 0 radical (unpaired) electrons. The van der Waals surface area contributed by atoms with Crippen molar-refractivity contribution >= 4 is 0 Å². The molecule has 1 N–H and O–H groups in total. The molecule has 2 rings (SSSR count). The maximum absolute atomic E-state index is 10.9. The molecule has 0 bridgehead atoms. The third kappa shape index (κ3) is 2.52. The van der Waals surface area contributed by atoms with E-state index in [0.717, 1.165) is 41.9 Å². The predicted octanol–water partition coefficient (Wildman–Crippen LogP) is 2.70. The zero-order chi connectivity index (χ0) is 13.2. The Bertz CT molecular complexity index is 418. The van der Waals surface area contributed by atoms with Crippen LogP contribution in [0.2, 0.25) is 0 Å². The molecule has 1 saturated heterocycles. The summed E-state index contributed by atoms with van der Waals surface area (Å²) < 4.78 is 10.8. The molecule has 0 amide bonds. The quantitative estimate of drug-likeness (QED) is 0.877. The highest BCUT2D eigenvalue weighted by Crippen LogP contribution is 2.36. The Morgan fingerprint density at radius 3 is 2.67 bits per heavy atom. The van der Waals surface area contributed by atoms with Gasteiger partial charge in [0.1, 0.15) is 5.75 Å². The molecule has 0 spiro atoms. The fourth-order valence-corrected chi connectivity index (χ4v) is 2.72. The second-order valence-corrected chi connectivity index (χ2v) is 5.13. The van der Waals surface area contributed by atoms with Gasteiger partial charge >= 0.3 is 0 Å². The Morgan fingerprint density at radius 2 is 1.94 bits per heavy atom. The molecule has 18 heavy (non-hydrogen) atoms. The minimum atomic E-state index is -0.752. The molecule has 1 atom stereocenters. The van der Waals surface area contributed by atoms with Crippen molar-refractivity contribution in [1.82, 2.24) is 0 Å². The van der Waals surface area contributed by atoms with Gasteiger partial charge in [-0.3, -0.25) is 0 Å². The molecule has 0 aromatic heterocycles. The summed E-state index contributed by atoms with van der Waals surface area (Å²) in [5.41, 5.74) is 2.42. The van der Waals surface area contributed by atoms with E-state index in [2.05, 4.69) is 6.07 Å². The fraction of sp³-hybridized carbons (Fsp3) is 0.600. The average Bonchev–Trinajstić information content (AvgIpc) is 2.57. The van der Waals surface area contributed by atoms with Crippen molar-refractivity contribution in [2.24, 2.45) is 0 Å². The largest absolute Gasteiger partial charge is 0.496 e. The number of ether oxygens (including phenoxy) is 2. The zero-order valence-electron chi connectivity index (χ0n) is 11.5. The highest BCUT2D eigenvalue weighted by Gasteiger charge is 2.32. The normalized spacial score (nSPS) is 24.7. The van der Waals surface area contributed by atoms with Gasteiger partial charge < -0.3 is 14.6 Å². The van der Waals surface area contributed by atoms with Crippen LogP contribution in [0.4, 0.5) is 0 Å². The van der Waals surface area contributed by atoms with E-state index in [9.17, 15) is 5.11 Å². The molecular weight excluding hydrogens is 228 g/mol. The summed E-state index contributed by atoms with van der Waals surface area (Å²) in [6.07, 6.45) is 2.33. The second-order valence-electron chi connectivity index (χ2n) is 5.13. The van der Waals surface area contributed by atoms with Crippen LogP contribution in [0.25, 0.3) is 0 Å². The first kappa shape index (κ1) is 13.4. The molecular formula is C15H22O3. The molecule has 1 fully saturated rings. The monoisotopic (exact) mass is 250 g/mol. The van der Waals surface area contributed by atoms with E-state index in [4.69, 9.17) is 9.47 Å². The van der Waals surface area contributed by atoms with E-state index in [1.165, 1.54) is 0 Å². The molecule has 1 aromatic carbocycles. The van der Waals surface area contributed by atoms with Crippen LogP contribution in [-0.2, 0) is 10.3 Å². The smallest absolute Gasteiger partial charge is 0.122 e. The number of rotatable bonds is 2. The van der Waals surface area contributed by atoms with Crippen LogP contribution in [0.5, 0.6) is 5.75 Å². The minimum absolute atomic E-state index is 0.626. The minimum Gasteiger partial charge on any atom is -0.496 e. The summed E-state index contributed by atoms with van der Waals surface area (Å²) in [6, 6.07) is 4.06. The lowest BCUT2D eigenvalue weighted by atomic mass is 9.83. The molecule has 3 heteroatoms. The zero-order valence-corrected chi connectivity index (χ0v) is 11.5. The number of aryl methyl sites for hydroxylation is 2. The maximum Gasteiger partial charge on any atom is 0.122 e. The summed E-state index contributed by atoms with van der Waals surface area (Å²) in [5.74, 6) is 0.879. The van der Waals surface area contributed by atoms with Crippen molar-refractivity contribution < 1.29 is 14.6 Å². The third-order valence-electron chi connectivity index (χ3n) is 3.78. The third-order valence-corrected chi connectivity index (χ3v) is 3.78. The molecule has 1 aliphatic heterocycles. The molecule has 1 unspecified atom stereocenters. The van der Waals surface area contributed by atoms with Crippen LogP contribution in [-0.4, -0.2) is 25.4 Å². The van der Waals surface area contributed by atoms with E-state index in [-0.39, 0.29) is 0 Å². The topological polar surface area (TPSA) is 38.7 Å². The van der Waals surface area contributed by atoms with E-state index < -0.39 is 5.60 Å². The first-order valence-electron chi connectivity index (χ1n) is 6.53. The molecule has 1 aliphatic rings. The summed E-state index contributed by atoms with van der Waals surface area (Å²) >= 11 is 0. The van der Waals surface area contributed by atoms with Gasteiger partial charge in [0.15, 0.2) is 0 Å². The van der Waals surface area contributed by atoms with Crippen LogP contribution in [0.3, 0.4) is 0 Å². The Balaban J connectivity index is 2.39. The van der Waals surface area contributed by atoms with Crippen molar-refractivity contribution in [2.45, 2.75) is 38.7 Å². The maximum atomic E-state index is 10.9. The Morgan fingerprint density at radius 1 is 1.17 bits per heavy atom. The van der Waals surface area contributed by atoms with Gasteiger partial charge in [-0.1, -0.05) is 0 Å². The summed E-state index contributed by atoms with van der Waals surface area (Å²) in [7, 11) is 1.68. The van der Waals surface area contributed by atoms with Gasteiger partial charge in [0.25, 0.3) is 0 Å². The number of aliphatic hydroxyl groups is 1. The fourth-order valence-electron chi connectivity index (χ4n) is 2.72. The molecule has 0 saturated carbocycles. The van der Waals surface area contributed by atoms with Gasteiger partial charge in [-0.25, -0.2) is 0 Å². The summed E-state index contributed by atoms with van der Waals surface area (Å²) in [5, 5.41) is 10.9. The summed E-state index contributed by atoms with van der Waals surface area (Å²) in [4.78, 5) is 0. The lowest BCUT2D eigenvalue weighted by molar-refractivity contribution is 0.0138. The first-order valence-corrected chi connectivity index (χ1v) is 6.53. The SMILES string of the molecule is COc1cc(C)c(C2(O)CCCOCC2)cc1C.